The molecule has 0 bridgehead atoms. The van der Waals surface area contributed by atoms with Crippen LogP contribution in [0.15, 0.2) is 24.3 Å². The molecule has 0 saturated heterocycles. The summed E-state index contributed by atoms with van der Waals surface area (Å²) < 4.78 is 0. The average Bonchev–Trinajstić information content (AvgIpc) is 2.86. The number of benzene rings is 1. The van der Waals surface area contributed by atoms with Crippen LogP contribution in [0.3, 0.4) is 0 Å². The molecule has 4 nitrogen and oxygen atoms in total. The maximum atomic E-state index is 11.9. The van der Waals surface area contributed by atoms with Crippen molar-refractivity contribution in [3.8, 4) is 0 Å². The molecular weight excluding hydrogens is 300 g/mol. The lowest BCUT2D eigenvalue weighted by Gasteiger charge is -2.06. The molecule has 0 aliphatic heterocycles. The first-order valence-electron chi connectivity index (χ1n) is 8.90. The zero-order valence-corrected chi connectivity index (χ0v) is 14.8. The van der Waals surface area contributed by atoms with Crippen LogP contribution in [0.2, 0.25) is 0 Å². The molecule has 1 amide bonds. The molecule has 0 aliphatic rings. The van der Waals surface area contributed by atoms with E-state index in [1.807, 2.05) is 12.1 Å². The molecule has 130 valence electrons. The first kappa shape index (κ1) is 18.2. The number of carbonyl (C=O) groups excluding carboxylic acids is 2. The van der Waals surface area contributed by atoms with E-state index >= 15 is 0 Å². The lowest BCUT2D eigenvalue weighted by atomic mass is 10.1. The van der Waals surface area contributed by atoms with Crippen LogP contribution < -0.4 is 5.32 Å². The molecule has 0 aliphatic carbocycles. The minimum atomic E-state index is 0.124. The quantitative estimate of drug-likeness (QED) is 0.646. The molecule has 0 atom stereocenters. The number of para-hydroxylation sites is 1. The zero-order chi connectivity index (χ0) is 17.4. The van der Waals surface area contributed by atoms with Crippen molar-refractivity contribution in [2.75, 3.05) is 6.54 Å². The van der Waals surface area contributed by atoms with Crippen molar-refractivity contribution in [3.05, 3.63) is 35.5 Å². The van der Waals surface area contributed by atoms with Gasteiger partial charge in [0.05, 0.1) is 0 Å². The Morgan fingerprint density at radius 2 is 1.75 bits per heavy atom. The molecule has 1 heterocycles. The van der Waals surface area contributed by atoms with Gasteiger partial charge in [-0.2, -0.15) is 0 Å². The predicted molar refractivity (Wildman–Crippen MR) is 98.1 cm³/mol. The van der Waals surface area contributed by atoms with Crippen molar-refractivity contribution >= 4 is 22.6 Å². The first-order chi connectivity index (χ1) is 11.6. The number of unbranched alkanes of at least 4 members (excludes halogenated alkanes) is 3. The number of aromatic nitrogens is 1. The third-order valence-corrected chi connectivity index (χ3v) is 4.41. The summed E-state index contributed by atoms with van der Waals surface area (Å²) in [5.41, 5.74) is 3.62. The van der Waals surface area contributed by atoms with Gasteiger partial charge in [0.2, 0.25) is 5.91 Å². The minimum absolute atomic E-state index is 0.124. The van der Waals surface area contributed by atoms with Gasteiger partial charge < -0.3 is 15.1 Å². The van der Waals surface area contributed by atoms with Crippen LogP contribution >= 0.6 is 0 Å². The number of nitrogens with one attached hydrogen (secondary N) is 2. The Bertz CT molecular complexity index is 688. The lowest BCUT2D eigenvalue weighted by Crippen LogP contribution is -2.25. The van der Waals surface area contributed by atoms with Crippen LogP contribution in [-0.2, 0) is 16.0 Å². The number of Topliss-reactive ketones (excluding diaryl/α,β-unsaturated/α-hetero) is 1. The van der Waals surface area contributed by atoms with E-state index in [0.717, 1.165) is 37.6 Å². The van der Waals surface area contributed by atoms with Gasteiger partial charge in [-0.15, -0.1) is 0 Å². The highest BCUT2D eigenvalue weighted by molar-refractivity contribution is 5.84. The Morgan fingerprint density at radius 1 is 1.04 bits per heavy atom. The molecule has 2 aromatic rings. The zero-order valence-electron chi connectivity index (χ0n) is 14.8. The maximum absolute atomic E-state index is 11.9. The Hall–Kier alpha value is -2.10. The fraction of sp³-hybridized carbons (Fsp3) is 0.500. The largest absolute Gasteiger partial charge is 0.358 e. The van der Waals surface area contributed by atoms with E-state index in [-0.39, 0.29) is 11.7 Å². The summed E-state index contributed by atoms with van der Waals surface area (Å²) in [5, 5.41) is 4.26. The highest BCUT2D eigenvalue weighted by Crippen LogP contribution is 2.21. The SMILES string of the molecule is CC(=O)CCCCCCC(=O)NCCc1c(C)[nH]c2ccccc12. The Morgan fingerprint density at radius 3 is 2.50 bits per heavy atom. The van der Waals surface area contributed by atoms with Gasteiger partial charge in [0, 0.05) is 36.0 Å². The van der Waals surface area contributed by atoms with Crippen molar-refractivity contribution in [2.45, 2.75) is 58.8 Å². The molecule has 4 heteroatoms. The number of rotatable bonds is 10. The van der Waals surface area contributed by atoms with Crippen LogP contribution in [0.1, 0.15) is 56.7 Å². The monoisotopic (exact) mass is 328 g/mol. The van der Waals surface area contributed by atoms with Gasteiger partial charge >= 0.3 is 0 Å². The first-order valence-corrected chi connectivity index (χ1v) is 8.90. The molecule has 0 spiro atoms. The van der Waals surface area contributed by atoms with Gasteiger partial charge in [0.15, 0.2) is 0 Å². The second kappa shape index (κ2) is 9.26. The second-order valence-electron chi connectivity index (χ2n) is 6.49. The summed E-state index contributed by atoms with van der Waals surface area (Å²) in [4.78, 5) is 26.1. The molecule has 2 rings (SSSR count). The Labute approximate surface area is 144 Å². The molecule has 0 saturated carbocycles. The standard InChI is InChI=1S/C20H28N2O2/c1-15(23)9-5-3-4-6-12-20(24)21-14-13-17-16(2)22-19-11-8-7-10-18(17)19/h7-8,10-11,22H,3-6,9,12-14H2,1-2H3,(H,21,24). The van der Waals surface area contributed by atoms with E-state index in [1.165, 1.54) is 16.6 Å². The smallest absolute Gasteiger partial charge is 0.220 e. The van der Waals surface area contributed by atoms with Crippen LogP contribution in [0.5, 0.6) is 0 Å². The summed E-state index contributed by atoms with van der Waals surface area (Å²) in [6.45, 7) is 4.38. The minimum Gasteiger partial charge on any atom is -0.358 e. The number of amides is 1. The third kappa shape index (κ3) is 5.52. The van der Waals surface area contributed by atoms with E-state index in [1.54, 1.807) is 6.92 Å². The molecule has 2 N–H and O–H groups in total. The van der Waals surface area contributed by atoms with Crippen molar-refractivity contribution in [2.24, 2.45) is 0 Å². The Kier molecular flexibility index (Phi) is 7.04. The number of aryl methyl sites for hydroxylation is 1. The molecule has 0 radical (unpaired) electrons. The molecular formula is C20H28N2O2. The van der Waals surface area contributed by atoms with Gasteiger partial charge in [-0.3, -0.25) is 4.79 Å². The number of hydrogen-bond acceptors (Lipinski definition) is 2. The topological polar surface area (TPSA) is 62.0 Å². The molecule has 0 unspecified atom stereocenters. The fourth-order valence-corrected chi connectivity index (χ4v) is 3.09. The number of aromatic amines is 1. The van der Waals surface area contributed by atoms with Crippen LogP contribution in [-0.4, -0.2) is 23.2 Å². The molecule has 0 fully saturated rings. The van der Waals surface area contributed by atoms with Crippen molar-refractivity contribution in [3.63, 3.8) is 0 Å². The third-order valence-electron chi connectivity index (χ3n) is 4.41. The fourth-order valence-electron chi connectivity index (χ4n) is 3.09. The van der Waals surface area contributed by atoms with E-state index in [2.05, 4.69) is 29.4 Å². The van der Waals surface area contributed by atoms with Crippen LogP contribution in [0.4, 0.5) is 0 Å². The summed E-state index contributed by atoms with van der Waals surface area (Å²) in [5.74, 6) is 0.374. The van der Waals surface area contributed by atoms with Gasteiger partial charge in [-0.1, -0.05) is 31.0 Å². The van der Waals surface area contributed by atoms with E-state index in [4.69, 9.17) is 0 Å². The average molecular weight is 328 g/mol. The summed E-state index contributed by atoms with van der Waals surface area (Å²) >= 11 is 0. The van der Waals surface area contributed by atoms with Crippen LogP contribution in [0, 0.1) is 6.92 Å². The lowest BCUT2D eigenvalue weighted by molar-refractivity contribution is -0.121. The summed E-state index contributed by atoms with van der Waals surface area (Å²) in [6.07, 6.45) is 5.97. The van der Waals surface area contributed by atoms with Crippen molar-refractivity contribution in [1.29, 1.82) is 0 Å². The van der Waals surface area contributed by atoms with E-state index in [0.29, 0.717) is 19.4 Å². The highest BCUT2D eigenvalue weighted by Gasteiger charge is 2.08. The maximum Gasteiger partial charge on any atom is 0.220 e. The van der Waals surface area contributed by atoms with Crippen molar-refractivity contribution < 1.29 is 9.59 Å². The van der Waals surface area contributed by atoms with Gasteiger partial charge in [-0.05, 0) is 44.7 Å². The normalized spacial score (nSPS) is 10.9. The molecule has 24 heavy (non-hydrogen) atoms. The van der Waals surface area contributed by atoms with Crippen molar-refractivity contribution in [1.82, 2.24) is 10.3 Å². The number of ketones is 1. The molecule has 1 aromatic carbocycles. The van der Waals surface area contributed by atoms with Gasteiger partial charge in [0.1, 0.15) is 5.78 Å². The van der Waals surface area contributed by atoms with Gasteiger partial charge in [-0.25, -0.2) is 0 Å². The number of carbonyl (C=O) groups is 2. The van der Waals surface area contributed by atoms with E-state index in [9.17, 15) is 9.59 Å². The summed E-state index contributed by atoms with van der Waals surface area (Å²) in [7, 11) is 0. The second-order valence-corrected chi connectivity index (χ2v) is 6.49. The number of hydrogen-bond donors (Lipinski definition) is 2. The number of fused-ring (bicyclic) bond motifs is 1. The predicted octanol–water partition coefficient (Wildman–Crippen LogP) is 4.06. The van der Waals surface area contributed by atoms with Crippen LogP contribution in [0.25, 0.3) is 10.9 Å². The molecule has 1 aromatic heterocycles. The Balaban J connectivity index is 1.65. The number of H-pyrrole nitrogens is 1. The van der Waals surface area contributed by atoms with Gasteiger partial charge in [0.25, 0.3) is 0 Å². The summed E-state index contributed by atoms with van der Waals surface area (Å²) in [6, 6.07) is 8.28. The van der Waals surface area contributed by atoms with E-state index < -0.39 is 0 Å². The highest BCUT2D eigenvalue weighted by atomic mass is 16.1.